The van der Waals surface area contributed by atoms with E-state index in [2.05, 4.69) is 44.9 Å². The van der Waals surface area contributed by atoms with E-state index in [1.807, 2.05) is 0 Å². The van der Waals surface area contributed by atoms with E-state index >= 15 is 0 Å². The van der Waals surface area contributed by atoms with E-state index in [-0.39, 0.29) is 12.0 Å². The molecule has 0 fully saturated rings. The highest BCUT2D eigenvalue weighted by Crippen LogP contribution is 2.26. The van der Waals surface area contributed by atoms with E-state index in [4.69, 9.17) is 5.11 Å². The normalized spacial score (nSPS) is 13.9. The third-order valence-corrected chi connectivity index (χ3v) is 4.49. The van der Waals surface area contributed by atoms with Crippen molar-refractivity contribution in [2.24, 2.45) is 5.41 Å². The van der Waals surface area contributed by atoms with Gasteiger partial charge in [0.15, 0.2) is 0 Å². The van der Waals surface area contributed by atoms with Crippen LogP contribution >= 0.6 is 11.3 Å². The topological polar surface area (TPSA) is 45.2 Å². The number of nitrogens with one attached hydrogen (secondary N) is 1. The van der Waals surface area contributed by atoms with E-state index in [1.165, 1.54) is 4.88 Å². The zero-order valence-corrected chi connectivity index (χ0v) is 13.0. The Morgan fingerprint density at radius 3 is 2.56 bits per heavy atom. The average molecular weight is 270 g/mol. The van der Waals surface area contributed by atoms with Gasteiger partial charge in [-0.25, -0.2) is 4.98 Å². The predicted octanol–water partition coefficient (Wildman–Crippen LogP) is 3.21. The second-order valence-electron chi connectivity index (χ2n) is 5.78. The lowest BCUT2D eigenvalue weighted by molar-refractivity contribution is 0.233. The second kappa shape index (κ2) is 6.64. The van der Waals surface area contributed by atoms with Gasteiger partial charge in [-0.1, -0.05) is 13.8 Å². The summed E-state index contributed by atoms with van der Waals surface area (Å²) in [4.78, 5) is 5.81. The molecule has 104 valence electrons. The number of rotatable bonds is 7. The zero-order chi connectivity index (χ0) is 13.8. The molecule has 2 N–H and O–H groups in total. The molecule has 0 saturated heterocycles. The molecule has 0 saturated carbocycles. The molecule has 1 heterocycles. The predicted molar refractivity (Wildman–Crippen MR) is 78.1 cm³/mol. The van der Waals surface area contributed by atoms with E-state index < -0.39 is 0 Å². The lowest BCUT2D eigenvalue weighted by Gasteiger charge is -2.27. The van der Waals surface area contributed by atoms with Gasteiger partial charge in [0.1, 0.15) is 0 Å². The molecular weight excluding hydrogens is 244 g/mol. The molecule has 3 nitrogen and oxygen atoms in total. The molecule has 0 aromatic carbocycles. The van der Waals surface area contributed by atoms with Crippen LogP contribution in [0.3, 0.4) is 0 Å². The van der Waals surface area contributed by atoms with Gasteiger partial charge in [-0.3, -0.25) is 0 Å². The van der Waals surface area contributed by atoms with Crippen molar-refractivity contribution in [3.05, 3.63) is 15.6 Å². The van der Waals surface area contributed by atoms with Gasteiger partial charge >= 0.3 is 0 Å². The highest BCUT2D eigenvalue weighted by molar-refractivity contribution is 7.11. The first-order chi connectivity index (χ1) is 8.35. The lowest BCUT2D eigenvalue weighted by atomic mass is 9.87. The molecule has 1 aromatic heterocycles. The molecule has 1 unspecified atom stereocenters. The Hall–Kier alpha value is -0.450. The smallest absolute Gasteiger partial charge is 0.0900 e. The van der Waals surface area contributed by atoms with Crippen molar-refractivity contribution in [1.29, 1.82) is 0 Å². The molecule has 0 aliphatic heterocycles. The number of nitrogens with zero attached hydrogens (tertiary/aromatic N) is 1. The van der Waals surface area contributed by atoms with Gasteiger partial charge in [0.25, 0.3) is 0 Å². The summed E-state index contributed by atoms with van der Waals surface area (Å²) in [5.41, 5.74) is 1.37. The van der Waals surface area contributed by atoms with Gasteiger partial charge in [-0.2, -0.15) is 0 Å². The molecule has 0 bridgehead atoms. The van der Waals surface area contributed by atoms with Gasteiger partial charge < -0.3 is 10.4 Å². The number of aryl methyl sites for hydroxylation is 2. The van der Waals surface area contributed by atoms with Crippen LogP contribution in [0, 0.1) is 19.3 Å². The number of thiazole rings is 1. The zero-order valence-electron chi connectivity index (χ0n) is 12.2. The summed E-state index contributed by atoms with van der Waals surface area (Å²) in [6.07, 6.45) is 1.92. The van der Waals surface area contributed by atoms with Gasteiger partial charge in [0.05, 0.1) is 10.7 Å². The van der Waals surface area contributed by atoms with E-state index in [0.717, 1.165) is 30.1 Å². The molecular formula is C14H26N2OS. The highest BCUT2D eigenvalue weighted by atomic mass is 32.1. The lowest BCUT2D eigenvalue weighted by Crippen LogP contribution is -2.31. The number of aliphatic hydroxyl groups excluding tert-OH is 1. The van der Waals surface area contributed by atoms with E-state index in [9.17, 15) is 0 Å². The Morgan fingerprint density at radius 1 is 1.39 bits per heavy atom. The molecule has 0 amide bonds. The minimum absolute atomic E-state index is 0.227. The molecule has 4 heteroatoms. The van der Waals surface area contributed by atoms with Crippen LogP contribution in [0.5, 0.6) is 0 Å². The molecule has 1 atom stereocenters. The van der Waals surface area contributed by atoms with Crippen molar-refractivity contribution in [2.75, 3.05) is 13.2 Å². The van der Waals surface area contributed by atoms with Crippen molar-refractivity contribution < 1.29 is 5.11 Å². The number of aliphatic hydroxyl groups is 1. The Balaban J connectivity index is 2.50. The minimum atomic E-state index is 0.227. The average Bonchev–Trinajstić information content (AvgIpc) is 2.63. The molecule has 18 heavy (non-hydrogen) atoms. The second-order valence-corrected chi connectivity index (χ2v) is 7.01. The molecule has 1 aromatic rings. The Kier molecular flexibility index (Phi) is 5.76. The van der Waals surface area contributed by atoms with Crippen molar-refractivity contribution in [3.8, 4) is 0 Å². The largest absolute Gasteiger partial charge is 0.396 e. The van der Waals surface area contributed by atoms with Gasteiger partial charge in [-0.15, -0.1) is 11.3 Å². The summed E-state index contributed by atoms with van der Waals surface area (Å²) < 4.78 is 0. The third kappa shape index (κ3) is 4.67. The van der Waals surface area contributed by atoms with Crippen molar-refractivity contribution >= 4 is 11.3 Å². The van der Waals surface area contributed by atoms with Crippen LogP contribution < -0.4 is 5.32 Å². The quantitative estimate of drug-likeness (QED) is 0.799. The summed E-state index contributed by atoms with van der Waals surface area (Å²) >= 11 is 1.78. The Bertz CT molecular complexity index is 374. The maximum absolute atomic E-state index is 8.90. The summed E-state index contributed by atoms with van der Waals surface area (Å²) in [6, 6.07) is 0.351. The maximum Gasteiger partial charge on any atom is 0.0900 e. The van der Waals surface area contributed by atoms with Crippen LogP contribution in [0.1, 0.15) is 55.2 Å². The number of hydrogen-bond donors (Lipinski definition) is 2. The summed E-state index contributed by atoms with van der Waals surface area (Å²) in [5, 5.41) is 13.6. The third-order valence-electron chi connectivity index (χ3n) is 3.23. The Morgan fingerprint density at radius 2 is 2.06 bits per heavy atom. The van der Waals surface area contributed by atoms with Crippen LogP contribution in [0.15, 0.2) is 0 Å². The van der Waals surface area contributed by atoms with Gasteiger partial charge in [-0.05, 0) is 39.0 Å². The van der Waals surface area contributed by atoms with E-state index in [1.54, 1.807) is 11.3 Å². The monoisotopic (exact) mass is 270 g/mol. The van der Waals surface area contributed by atoms with Crippen LogP contribution in [0.2, 0.25) is 0 Å². The maximum atomic E-state index is 8.90. The first kappa shape index (κ1) is 15.6. The van der Waals surface area contributed by atoms with Crippen LogP contribution in [0.4, 0.5) is 0 Å². The highest BCUT2D eigenvalue weighted by Gasteiger charge is 2.20. The summed E-state index contributed by atoms with van der Waals surface area (Å²) in [5.74, 6) is 0. The van der Waals surface area contributed by atoms with Crippen molar-refractivity contribution in [3.63, 3.8) is 0 Å². The van der Waals surface area contributed by atoms with Crippen molar-refractivity contribution in [1.82, 2.24) is 10.3 Å². The standard InChI is InChI=1S/C14H26N2OS/c1-10(13-11(2)16-12(3)18-13)15-9-14(4,5)7-6-8-17/h10,15,17H,6-9H2,1-5H3. The van der Waals surface area contributed by atoms with Gasteiger partial charge in [0, 0.05) is 24.1 Å². The van der Waals surface area contributed by atoms with Crippen molar-refractivity contribution in [2.45, 2.75) is 53.5 Å². The van der Waals surface area contributed by atoms with E-state index in [0.29, 0.717) is 6.04 Å². The molecule has 0 spiro atoms. The fourth-order valence-electron chi connectivity index (χ4n) is 2.12. The SMILES string of the molecule is Cc1nc(C)c(C(C)NCC(C)(C)CCCO)s1. The first-order valence-electron chi connectivity index (χ1n) is 6.64. The molecule has 1 rings (SSSR count). The Labute approximate surface area is 115 Å². The molecule has 0 aliphatic rings. The van der Waals surface area contributed by atoms with Crippen LogP contribution in [-0.4, -0.2) is 23.2 Å². The van der Waals surface area contributed by atoms with Gasteiger partial charge in [0.2, 0.25) is 0 Å². The fraction of sp³-hybridized carbons (Fsp3) is 0.786. The summed E-state index contributed by atoms with van der Waals surface area (Å²) in [7, 11) is 0. The fourth-order valence-corrected chi connectivity index (χ4v) is 3.07. The molecule has 0 radical (unpaired) electrons. The van der Waals surface area contributed by atoms with Crippen LogP contribution in [0.25, 0.3) is 0 Å². The first-order valence-corrected chi connectivity index (χ1v) is 7.45. The molecule has 0 aliphatic carbocycles. The minimum Gasteiger partial charge on any atom is -0.396 e. The summed E-state index contributed by atoms with van der Waals surface area (Å²) in [6.45, 7) is 12.1. The number of hydrogen-bond acceptors (Lipinski definition) is 4. The van der Waals surface area contributed by atoms with Crippen LogP contribution in [-0.2, 0) is 0 Å². The number of aromatic nitrogens is 1.